The summed E-state index contributed by atoms with van der Waals surface area (Å²) < 4.78 is 53.3. The molecule has 5 nitrogen and oxygen atoms in total. The van der Waals surface area contributed by atoms with E-state index in [0.717, 1.165) is 17.7 Å². The number of hydrogen-bond donors (Lipinski definition) is 1. The molecule has 1 fully saturated rings. The molecule has 3 rings (SSSR count). The van der Waals surface area contributed by atoms with Crippen LogP contribution in [0.4, 0.5) is 8.78 Å². The Morgan fingerprint density at radius 1 is 1.13 bits per heavy atom. The molecule has 1 aliphatic rings. The zero-order valence-corrected chi connectivity index (χ0v) is 17.9. The first-order valence-electron chi connectivity index (χ1n) is 9.99. The molecular formula is C22H26F2N2O3S. The number of rotatable bonds is 6. The van der Waals surface area contributed by atoms with Crippen molar-refractivity contribution >= 4 is 15.9 Å². The number of nitrogens with one attached hydrogen (secondary N) is 1. The zero-order chi connectivity index (χ0) is 21.9. The highest BCUT2D eigenvalue weighted by Gasteiger charge is 2.45. The van der Waals surface area contributed by atoms with Crippen molar-refractivity contribution in [2.24, 2.45) is 0 Å². The largest absolute Gasteiger partial charge is 0.349 e. The quantitative estimate of drug-likeness (QED) is 0.754. The van der Waals surface area contributed by atoms with Gasteiger partial charge in [-0.15, -0.1) is 0 Å². The van der Waals surface area contributed by atoms with Gasteiger partial charge in [0.1, 0.15) is 11.6 Å². The summed E-state index contributed by atoms with van der Waals surface area (Å²) in [6.45, 7) is 3.71. The van der Waals surface area contributed by atoms with Crippen LogP contribution in [0, 0.1) is 11.6 Å². The van der Waals surface area contributed by atoms with Crippen LogP contribution in [0.3, 0.4) is 0 Å². The summed E-state index contributed by atoms with van der Waals surface area (Å²) in [5.74, 6) is -1.68. The lowest BCUT2D eigenvalue weighted by Gasteiger charge is -2.41. The van der Waals surface area contributed by atoms with E-state index in [4.69, 9.17) is 0 Å². The predicted molar refractivity (Wildman–Crippen MR) is 111 cm³/mol. The number of benzene rings is 2. The molecule has 2 aromatic carbocycles. The van der Waals surface area contributed by atoms with Crippen molar-refractivity contribution < 1.29 is 22.0 Å². The molecular weight excluding hydrogens is 410 g/mol. The Hall–Kier alpha value is -2.32. The fraction of sp³-hybridized carbons (Fsp3) is 0.409. The van der Waals surface area contributed by atoms with Crippen molar-refractivity contribution in [1.82, 2.24) is 9.62 Å². The number of amides is 1. The number of sulfonamides is 1. The van der Waals surface area contributed by atoms with Crippen LogP contribution in [0.15, 0.2) is 48.5 Å². The third-order valence-electron chi connectivity index (χ3n) is 5.87. The summed E-state index contributed by atoms with van der Waals surface area (Å²) in [6.07, 6.45) is 0.640. The number of halogens is 2. The number of hydrogen-bond acceptors (Lipinski definition) is 3. The van der Waals surface area contributed by atoms with Crippen molar-refractivity contribution in [1.29, 1.82) is 0 Å². The molecule has 2 aromatic rings. The average Bonchev–Trinajstić information content (AvgIpc) is 2.74. The molecule has 0 bridgehead atoms. The summed E-state index contributed by atoms with van der Waals surface area (Å²) in [5, 5.41) is 2.86. The number of nitrogens with zero attached hydrogens (tertiary/aromatic N) is 1. The van der Waals surface area contributed by atoms with Crippen LogP contribution in [0.2, 0.25) is 0 Å². The van der Waals surface area contributed by atoms with E-state index in [9.17, 15) is 22.0 Å². The third kappa shape index (κ3) is 4.39. The Bertz CT molecular complexity index is 1000. The maximum atomic E-state index is 14.2. The highest BCUT2D eigenvalue weighted by atomic mass is 32.2. The monoisotopic (exact) mass is 436 g/mol. The number of piperidine rings is 1. The summed E-state index contributed by atoms with van der Waals surface area (Å²) in [6, 6.07) is 11.8. The maximum Gasteiger partial charge on any atom is 0.231 e. The second-order valence-corrected chi connectivity index (χ2v) is 9.87. The molecule has 8 heteroatoms. The molecule has 0 saturated carbocycles. The van der Waals surface area contributed by atoms with E-state index in [1.165, 1.54) is 10.4 Å². The van der Waals surface area contributed by atoms with Gasteiger partial charge in [0.2, 0.25) is 15.9 Å². The molecule has 1 amide bonds. The summed E-state index contributed by atoms with van der Waals surface area (Å²) in [7, 11) is -3.34. The van der Waals surface area contributed by atoms with Crippen LogP contribution in [0.5, 0.6) is 0 Å². The Labute approximate surface area is 176 Å². The van der Waals surface area contributed by atoms with Gasteiger partial charge in [-0.25, -0.2) is 21.5 Å². The molecule has 1 N–H and O–H groups in total. The van der Waals surface area contributed by atoms with E-state index in [1.54, 1.807) is 13.8 Å². The van der Waals surface area contributed by atoms with Crippen LogP contribution < -0.4 is 5.32 Å². The van der Waals surface area contributed by atoms with Crippen LogP contribution in [-0.2, 0) is 20.2 Å². The minimum absolute atomic E-state index is 0.0123. The van der Waals surface area contributed by atoms with Gasteiger partial charge in [-0.3, -0.25) is 4.79 Å². The SMILES string of the molecule is CCS(=O)(=O)N1CCC(C(=O)NC(C)c2ccc(F)cc2F)(c2ccccc2)CC1. The van der Waals surface area contributed by atoms with E-state index in [1.807, 2.05) is 30.3 Å². The summed E-state index contributed by atoms with van der Waals surface area (Å²) in [4.78, 5) is 13.4. The van der Waals surface area contributed by atoms with Crippen molar-refractivity contribution in [3.63, 3.8) is 0 Å². The molecule has 1 atom stereocenters. The topological polar surface area (TPSA) is 66.5 Å². The van der Waals surface area contributed by atoms with Crippen molar-refractivity contribution in [3.8, 4) is 0 Å². The van der Waals surface area contributed by atoms with Crippen LogP contribution in [0.1, 0.15) is 43.9 Å². The molecule has 162 valence electrons. The zero-order valence-electron chi connectivity index (χ0n) is 17.1. The Balaban J connectivity index is 1.87. The maximum absolute atomic E-state index is 14.2. The smallest absolute Gasteiger partial charge is 0.231 e. The Morgan fingerprint density at radius 2 is 1.77 bits per heavy atom. The van der Waals surface area contributed by atoms with Gasteiger partial charge >= 0.3 is 0 Å². The number of carbonyl (C=O) groups is 1. The normalized spacial score (nSPS) is 18.0. The molecule has 1 aliphatic heterocycles. The lowest BCUT2D eigenvalue weighted by Crippen LogP contribution is -2.53. The van der Waals surface area contributed by atoms with Crippen molar-refractivity contribution in [2.45, 2.75) is 38.1 Å². The lowest BCUT2D eigenvalue weighted by atomic mass is 9.72. The van der Waals surface area contributed by atoms with E-state index in [-0.39, 0.29) is 30.3 Å². The first kappa shape index (κ1) is 22.4. The van der Waals surface area contributed by atoms with Gasteiger partial charge in [0, 0.05) is 24.7 Å². The first-order valence-corrected chi connectivity index (χ1v) is 11.6. The average molecular weight is 437 g/mol. The van der Waals surface area contributed by atoms with Crippen molar-refractivity contribution in [3.05, 3.63) is 71.3 Å². The Kier molecular flexibility index (Phi) is 6.57. The van der Waals surface area contributed by atoms with Crippen molar-refractivity contribution in [2.75, 3.05) is 18.8 Å². The first-order chi connectivity index (χ1) is 14.2. The van der Waals surface area contributed by atoms with Gasteiger partial charge in [-0.05, 0) is 38.3 Å². The van der Waals surface area contributed by atoms with Gasteiger partial charge in [0.15, 0.2) is 0 Å². The standard InChI is InChI=1S/C22H26F2N2O3S/c1-3-30(28,29)26-13-11-22(12-14-26,17-7-5-4-6-8-17)21(27)25-16(2)19-10-9-18(23)15-20(19)24/h4-10,15-16H,3,11-14H2,1-2H3,(H,25,27). The molecule has 30 heavy (non-hydrogen) atoms. The minimum Gasteiger partial charge on any atom is -0.349 e. The molecule has 0 spiro atoms. The van der Waals surface area contributed by atoms with Gasteiger partial charge in [0.25, 0.3) is 0 Å². The Morgan fingerprint density at radius 3 is 2.33 bits per heavy atom. The molecule has 0 aliphatic carbocycles. The van der Waals surface area contributed by atoms with Gasteiger partial charge in [0.05, 0.1) is 17.2 Å². The van der Waals surface area contributed by atoms with E-state index in [2.05, 4.69) is 5.32 Å². The van der Waals surface area contributed by atoms with Gasteiger partial charge < -0.3 is 5.32 Å². The third-order valence-corrected chi connectivity index (χ3v) is 7.75. The summed E-state index contributed by atoms with van der Waals surface area (Å²) in [5.41, 5.74) is 0.0629. The molecule has 1 unspecified atom stereocenters. The molecule has 0 radical (unpaired) electrons. The number of carbonyl (C=O) groups excluding carboxylic acids is 1. The molecule has 0 aromatic heterocycles. The van der Waals surface area contributed by atoms with Crippen LogP contribution in [0.25, 0.3) is 0 Å². The second-order valence-electron chi connectivity index (χ2n) is 7.61. The molecule has 1 saturated heterocycles. The molecule has 1 heterocycles. The fourth-order valence-electron chi connectivity index (χ4n) is 4.00. The van der Waals surface area contributed by atoms with Crippen LogP contribution in [-0.4, -0.2) is 37.5 Å². The van der Waals surface area contributed by atoms with Crippen LogP contribution >= 0.6 is 0 Å². The fourth-order valence-corrected chi connectivity index (χ4v) is 5.10. The highest BCUT2D eigenvalue weighted by Crippen LogP contribution is 2.37. The van der Waals surface area contributed by atoms with Gasteiger partial charge in [-0.1, -0.05) is 36.4 Å². The van der Waals surface area contributed by atoms with E-state index in [0.29, 0.717) is 12.8 Å². The second kappa shape index (κ2) is 8.81. The van der Waals surface area contributed by atoms with E-state index >= 15 is 0 Å². The predicted octanol–water partition coefficient (Wildman–Crippen LogP) is 3.53. The summed E-state index contributed by atoms with van der Waals surface area (Å²) >= 11 is 0. The van der Waals surface area contributed by atoms with E-state index < -0.39 is 33.1 Å². The van der Waals surface area contributed by atoms with Gasteiger partial charge in [-0.2, -0.15) is 0 Å². The lowest BCUT2D eigenvalue weighted by molar-refractivity contribution is -0.129. The minimum atomic E-state index is -3.34. The highest BCUT2D eigenvalue weighted by molar-refractivity contribution is 7.89.